The lowest BCUT2D eigenvalue weighted by Gasteiger charge is -2.18. The van der Waals surface area contributed by atoms with E-state index in [4.69, 9.17) is 4.74 Å². The highest BCUT2D eigenvalue weighted by atomic mass is 16.5. The second-order valence-corrected chi connectivity index (χ2v) is 2.99. The molecule has 1 aromatic rings. The van der Waals surface area contributed by atoms with Crippen LogP contribution in [0.15, 0.2) is 51.0 Å². The number of benzene rings is 1. The molecule has 2 rings (SSSR count). The van der Waals surface area contributed by atoms with E-state index in [1.165, 1.54) is 0 Å². The number of ether oxygens (including phenoxy) is 1. The Morgan fingerprint density at radius 1 is 1.14 bits per heavy atom. The molecule has 0 fully saturated rings. The van der Waals surface area contributed by atoms with E-state index in [0.29, 0.717) is 6.61 Å². The molecule has 0 saturated heterocycles. The Bertz CT molecular complexity index is 348. The van der Waals surface area contributed by atoms with Gasteiger partial charge in [0.25, 0.3) is 0 Å². The topological polar surface area (TPSA) is 58.7 Å². The minimum absolute atomic E-state index is 0.351. The fourth-order valence-corrected chi connectivity index (χ4v) is 1.37. The van der Waals surface area contributed by atoms with Gasteiger partial charge in [-0.3, -0.25) is 0 Å². The predicted octanol–water partition coefficient (Wildman–Crippen LogP) is 2.32. The van der Waals surface area contributed by atoms with E-state index in [2.05, 4.69) is 20.7 Å². The smallest absolute Gasteiger partial charge is 0.243 e. The summed E-state index contributed by atoms with van der Waals surface area (Å²) < 4.78 is 5.08. The van der Waals surface area contributed by atoms with E-state index < -0.39 is 5.66 Å². The average molecular weight is 190 g/mol. The van der Waals surface area contributed by atoms with Crippen LogP contribution in [0.3, 0.4) is 0 Å². The standard InChI is InChI=1S/C9H10N4O/c1-14-7-9(10-12-13-11-9)8-5-3-2-4-6-8/h2-6H,7H2,1H3. The van der Waals surface area contributed by atoms with Crippen molar-refractivity contribution in [1.82, 2.24) is 0 Å². The Morgan fingerprint density at radius 2 is 1.79 bits per heavy atom. The molecule has 0 spiro atoms. The SMILES string of the molecule is COCC1(c2ccccc2)N=NN=N1. The Labute approximate surface area is 81.5 Å². The zero-order valence-electron chi connectivity index (χ0n) is 7.79. The molecule has 1 aromatic carbocycles. The zero-order valence-corrected chi connectivity index (χ0v) is 7.79. The maximum Gasteiger partial charge on any atom is 0.243 e. The first kappa shape index (κ1) is 8.96. The van der Waals surface area contributed by atoms with Crippen LogP contribution in [0.4, 0.5) is 0 Å². The Balaban J connectivity index is 2.37. The molecule has 5 heteroatoms. The highest BCUT2D eigenvalue weighted by molar-refractivity contribution is 5.24. The molecular formula is C9H10N4O. The van der Waals surface area contributed by atoms with Crippen molar-refractivity contribution in [2.45, 2.75) is 5.66 Å². The van der Waals surface area contributed by atoms with E-state index in [1.807, 2.05) is 30.3 Å². The summed E-state index contributed by atoms with van der Waals surface area (Å²) in [5, 5.41) is 15.1. The Hall–Kier alpha value is -1.62. The Kier molecular flexibility index (Phi) is 2.32. The molecule has 0 aromatic heterocycles. The van der Waals surface area contributed by atoms with Gasteiger partial charge < -0.3 is 4.74 Å². The van der Waals surface area contributed by atoms with Gasteiger partial charge in [-0.05, 0) is 10.4 Å². The minimum Gasteiger partial charge on any atom is -0.380 e. The quantitative estimate of drug-likeness (QED) is 0.721. The van der Waals surface area contributed by atoms with Crippen molar-refractivity contribution >= 4 is 0 Å². The summed E-state index contributed by atoms with van der Waals surface area (Å²) >= 11 is 0. The molecule has 0 amide bonds. The van der Waals surface area contributed by atoms with E-state index in [-0.39, 0.29) is 0 Å². The van der Waals surface area contributed by atoms with Gasteiger partial charge in [-0.25, -0.2) is 0 Å². The van der Waals surface area contributed by atoms with Gasteiger partial charge in [-0.2, -0.15) is 0 Å². The molecule has 1 aliphatic heterocycles. The normalized spacial score (nSPS) is 17.5. The highest BCUT2D eigenvalue weighted by Crippen LogP contribution is 2.32. The third-order valence-electron chi connectivity index (χ3n) is 2.04. The monoisotopic (exact) mass is 190 g/mol. The largest absolute Gasteiger partial charge is 0.380 e. The van der Waals surface area contributed by atoms with Crippen LogP contribution in [0, 0.1) is 0 Å². The summed E-state index contributed by atoms with van der Waals surface area (Å²) in [5.74, 6) is 0. The molecule has 0 unspecified atom stereocenters. The molecule has 0 radical (unpaired) electrons. The first-order valence-electron chi connectivity index (χ1n) is 4.26. The lowest BCUT2D eigenvalue weighted by Crippen LogP contribution is -2.24. The van der Waals surface area contributed by atoms with Crippen molar-refractivity contribution in [2.24, 2.45) is 20.7 Å². The number of nitrogens with zero attached hydrogens (tertiary/aromatic N) is 4. The van der Waals surface area contributed by atoms with Crippen LogP contribution in [0.2, 0.25) is 0 Å². The minimum atomic E-state index is -0.768. The van der Waals surface area contributed by atoms with E-state index in [9.17, 15) is 0 Å². The van der Waals surface area contributed by atoms with Crippen LogP contribution in [-0.4, -0.2) is 13.7 Å². The fourth-order valence-electron chi connectivity index (χ4n) is 1.37. The summed E-state index contributed by atoms with van der Waals surface area (Å²) in [4.78, 5) is 0. The summed E-state index contributed by atoms with van der Waals surface area (Å²) in [7, 11) is 1.61. The molecule has 1 heterocycles. The average Bonchev–Trinajstić information content (AvgIpc) is 2.70. The summed E-state index contributed by atoms with van der Waals surface area (Å²) in [6.07, 6.45) is 0. The molecule has 0 saturated carbocycles. The van der Waals surface area contributed by atoms with Crippen molar-refractivity contribution in [3.63, 3.8) is 0 Å². The molecule has 0 bridgehead atoms. The van der Waals surface area contributed by atoms with E-state index in [0.717, 1.165) is 5.56 Å². The zero-order chi connectivity index (χ0) is 9.86. The van der Waals surface area contributed by atoms with Crippen molar-refractivity contribution in [3.05, 3.63) is 35.9 Å². The summed E-state index contributed by atoms with van der Waals surface area (Å²) in [6.45, 7) is 0.351. The lowest BCUT2D eigenvalue weighted by molar-refractivity contribution is 0.136. The first-order chi connectivity index (χ1) is 6.87. The van der Waals surface area contributed by atoms with Crippen LogP contribution in [-0.2, 0) is 10.4 Å². The second kappa shape index (κ2) is 3.63. The third kappa shape index (κ3) is 1.42. The van der Waals surface area contributed by atoms with Gasteiger partial charge in [0.2, 0.25) is 5.66 Å². The van der Waals surface area contributed by atoms with Crippen LogP contribution in [0.5, 0.6) is 0 Å². The molecule has 14 heavy (non-hydrogen) atoms. The van der Waals surface area contributed by atoms with Gasteiger partial charge >= 0.3 is 0 Å². The number of methoxy groups -OCH3 is 1. The maximum atomic E-state index is 5.08. The van der Waals surface area contributed by atoms with Crippen LogP contribution in [0.1, 0.15) is 5.56 Å². The Morgan fingerprint density at radius 3 is 2.36 bits per heavy atom. The fraction of sp³-hybridized carbons (Fsp3) is 0.333. The van der Waals surface area contributed by atoms with Crippen LogP contribution >= 0.6 is 0 Å². The molecular weight excluding hydrogens is 180 g/mol. The lowest BCUT2D eigenvalue weighted by atomic mass is 10.0. The van der Waals surface area contributed by atoms with Gasteiger partial charge in [-0.15, -0.1) is 10.2 Å². The van der Waals surface area contributed by atoms with Gasteiger partial charge in [0, 0.05) is 12.7 Å². The second-order valence-electron chi connectivity index (χ2n) is 2.99. The van der Waals surface area contributed by atoms with E-state index in [1.54, 1.807) is 7.11 Å². The maximum absolute atomic E-state index is 5.08. The van der Waals surface area contributed by atoms with Gasteiger partial charge in [0.15, 0.2) is 0 Å². The van der Waals surface area contributed by atoms with Gasteiger partial charge in [0.1, 0.15) is 0 Å². The number of hydrogen-bond acceptors (Lipinski definition) is 5. The van der Waals surface area contributed by atoms with Crippen molar-refractivity contribution in [1.29, 1.82) is 0 Å². The predicted molar refractivity (Wildman–Crippen MR) is 49.7 cm³/mol. The molecule has 0 atom stereocenters. The van der Waals surface area contributed by atoms with Crippen molar-refractivity contribution in [2.75, 3.05) is 13.7 Å². The van der Waals surface area contributed by atoms with Crippen molar-refractivity contribution < 1.29 is 4.74 Å². The number of hydrogen-bond donors (Lipinski definition) is 0. The summed E-state index contributed by atoms with van der Waals surface area (Å²) in [6, 6.07) is 9.66. The van der Waals surface area contributed by atoms with Crippen molar-refractivity contribution in [3.8, 4) is 0 Å². The summed E-state index contributed by atoms with van der Waals surface area (Å²) in [5.41, 5.74) is 0.169. The molecule has 1 aliphatic rings. The molecule has 5 nitrogen and oxygen atoms in total. The third-order valence-corrected chi connectivity index (χ3v) is 2.04. The van der Waals surface area contributed by atoms with Gasteiger partial charge in [0.05, 0.1) is 6.61 Å². The number of rotatable bonds is 3. The first-order valence-corrected chi connectivity index (χ1v) is 4.26. The van der Waals surface area contributed by atoms with E-state index >= 15 is 0 Å². The highest BCUT2D eigenvalue weighted by Gasteiger charge is 2.35. The van der Waals surface area contributed by atoms with Crippen LogP contribution in [0.25, 0.3) is 0 Å². The molecule has 0 aliphatic carbocycles. The van der Waals surface area contributed by atoms with Crippen LogP contribution < -0.4 is 0 Å². The van der Waals surface area contributed by atoms with Gasteiger partial charge in [-0.1, -0.05) is 30.3 Å². The molecule has 72 valence electrons. The molecule has 0 N–H and O–H groups in total.